The van der Waals surface area contributed by atoms with Crippen molar-refractivity contribution in [2.24, 2.45) is 11.7 Å². The Kier molecular flexibility index (Phi) is 4.59. The topological polar surface area (TPSA) is 46.3 Å². The number of hydrogen-bond donors (Lipinski definition) is 1. The lowest BCUT2D eigenvalue weighted by Crippen LogP contribution is -2.42. The molecule has 2 rings (SSSR count). The van der Waals surface area contributed by atoms with E-state index in [0.717, 1.165) is 31.4 Å². The van der Waals surface area contributed by atoms with Crippen LogP contribution in [0.2, 0.25) is 0 Å². The fourth-order valence-electron chi connectivity index (χ4n) is 2.86. The van der Waals surface area contributed by atoms with Gasteiger partial charge in [-0.1, -0.05) is 31.4 Å². The number of hydrogen-bond acceptors (Lipinski definition) is 2. The van der Waals surface area contributed by atoms with Crippen LogP contribution in [0.5, 0.6) is 0 Å². The minimum Gasteiger partial charge on any atom is -0.327 e. The lowest BCUT2D eigenvalue weighted by atomic mass is 9.94. The minimum absolute atomic E-state index is 0.0160. The molecule has 1 aliphatic rings. The van der Waals surface area contributed by atoms with Crippen LogP contribution in [-0.4, -0.2) is 19.0 Å². The highest BCUT2D eigenvalue weighted by Crippen LogP contribution is 2.26. The summed E-state index contributed by atoms with van der Waals surface area (Å²) in [5.41, 5.74) is 8.31. The lowest BCUT2D eigenvalue weighted by Gasteiger charge is -2.26. The van der Waals surface area contributed by atoms with Gasteiger partial charge in [0.15, 0.2) is 0 Å². The van der Waals surface area contributed by atoms with Crippen molar-refractivity contribution in [3.8, 4) is 0 Å². The lowest BCUT2D eigenvalue weighted by molar-refractivity contribution is -0.122. The van der Waals surface area contributed by atoms with E-state index in [4.69, 9.17) is 5.73 Å². The average Bonchev–Trinajstić information content (AvgIpc) is 2.62. The van der Waals surface area contributed by atoms with Crippen LogP contribution >= 0.6 is 0 Å². The normalized spacial score (nSPS) is 23.7. The maximum Gasteiger partial charge on any atom is 0.231 e. The van der Waals surface area contributed by atoms with Gasteiger partial charge in [-0.2, -0.15) is 0 Å². The molecule has 2 N–H and O–H groups in total. The van der Waals surface area contributed by atoms with Crippen LogP contribution in [0.15, 0.2) is 24.3 Å². The quantitative estimate of drug-likeness (QED) is 0.831. The number of aryl methyl sites for hydroxylation is 1. The molecule has 2 atom stereocenters. The summed E-state index contributed by atoms with van der Waals surface area (Å²) in [6.45, 7) is 2.04. The zero-order valence-corrected chi connectivity index (χ0v) is 11.9. The molecule has 2 unspecified atom stereocenters. The van der Waals surface area contributed by atoms with E-state index in [1.807, 2.05) is 38.2 Å². The Bertz CT molecular complexity index is 444. The first kappa shape index (κ1) is 14.1. The van der Waals surface area contributed by atoms with Crippen LogP contribution in [0.25, 0.3) is 0 Å². The summed E-state index contributed by atoms with van der Waals surface area (Å²) < 4.78 is 0. The van der Waals surface area contributed by atoms with Gasteiger partial charge in [-0.15, -0.1) is 0 Å². The smallest absolute Gasteiger partial charge is 0.231 e. The van der Waals surface area contributed by atoms with Crippen LogP contribution in [0.3, 0.4) is 0 Å². The summed E-state index contributed by atoms with van der Waals surface area (Å²) in [4.78, 5) is 14.4. The third-order valence-electron chi connectivity index (χ3n) is 4.11. The molecule has 0 aromatic heterocycles. The third-order valence-corrected chi connectivity index (χ3v) is 4.11. The third kappa shape index (κ3) is 3.35. The highest BCUT2D eigenvalue weighted by molar-refractivity contribution is 5.95. The molecule has 0 radical (unpaired) electrons. The molecule has 0 bridgehead atoms. The molecule has 1 aromatic rings. The van der Waals surface area contributed by atoms with Gasteiger partial charge in [-0.25, -0.2) is 0 Å². The van der Waals surface area contributed by atoms with Crippen molar-refractivity contribution in [1.29, 1.82) is 0 Å². The Morgan fingerprint density at radius 3 is 2.74 bits per heavy atom. The Hall–Kier alpha value is -1.35. The number of amides is 1. The zero-order valence-electron chi connectivity index (χ0n) is 11.9. The number of carbonyl (C=O) groups excluding carboxylic acids is 1. The largest absolute Gasteiger partial charge is 0.327 e. The van der Waals surface area contributed by atoms with Gasteiger partial charge < -0.3 is 10.6 Å². The molecule has 1 saturated carbocycles. The van der Waals surface area contributed by atoms with Gasteiger partial charge in [-0.3, -0.25) is 4.79 Å². The van der Waals surface area contributed by atoms with E-state index in [1.165, 1.54) is 12.0 Å². The predicted molar refractivity (Wildman–Crippen MR) is 79.1 cm³/mol. The Balaban J connectivity index is 2.13. The zero-order chi connectivity index (χ0) is 13.8. The summed E-state index contributed by atoms with van der Waals surface area (Å²) in [7, 11) is 1.86. The Labute approximate surface area is 115 Å². The van der Waals surface area contributed by atoms with Gasteiger partial charge in [0.2, 0.25) is 5.91 Å². The highest BCUT2D eigenvalue weighted by Gasteiger charge is 2.29. The van der Waals surface area contributed by atoms with Crippen molar-refractivity contribution in [2.75, 3.05) is 11.9 Å². The van der Waals surface area contributed by atoms with Crippen molar-refractivity contribution in [2.45, 2.75) is 45.1 Å². The summed E-state index contributed by atoms with van der Waals surface area (Å²) in [6, 6.07) is 8.07. The van der Waals surface area contributed by atoms with Crippen LogP contribution in [0.1, 0.15) is 37.7 Å². The van der Waals surface area contributed by atoms with Gasteiger partial charge in [-0.05, 0) is 37.5 Å². The van der Waals surface area contributed by atoms with E-state index in [-0.39, 0.29) is 17.9 Å². The number of carbonyl (C=O) groups is 1. The Morgan fingerprint density at radius 2 is 2.00 bits per heavy atom. The Morgan fingerprint density at radius 1 is 1.26 bits per heavy atom. The number of nitrogens with two attached hydrogens (primary N) is 1. The molecule has 1 amide bonds. The van der Waals surface area contributed by atoms with Crippen LogP contribution in [0.4, 0.5) is 5.69 Å². The van der Waals surface area contributed by atoms with Crippen LogP contribution in [0, 0.1) is 12.8 Å². The van der Waals surface area contributed by atoms with Crippen molar-refractivity contribution in [1.82, 2.24) is 0 Å². The second-order valence-corrected chi connectivity index (χ2v) is 5.64. The molecule has 0 heterocycles. The molecular formula is C16H24N2O. The molecule has 1 fully saturated rings. The van der Waals surface area contributed by atoms with Gasteiger partial charge in [0.1, 0.15) is 0 Å². The van der Waals surface area contributed by atoms with Crippen molar-refractivity contribution >= 4 is 11.6 Å². The highest BCUT2D eigenvalue weighted by atomic mass is 16.2. The molecule has 0 saturated heterocycles. The number of rotatable bonds is 2. The molecule has 19 heavy (non-hydrogen) atoms. The first-order valence-corrected chi connectivity index (χ1v) is 7.19. The summed E-state index contributed by atoms with van der Waals surface area (Å²) in [6.07, 6.45) is 5.37. The maximum absolute atomic E-state index is 12.6. The molecular weight excluding hydrogens is 236 g/mol. The molecule has 0 aliphatic heterocycles. The van der Waals surface area contributed by atoms with E-state index in [1.54, 1.807) is 4.90 Å². The molecule has 1 aromatic carbocycles. The number of nitrogens with zero attached hydrogens (tertiary/aromatic N) is 1. The van der Waals surface area contributed by atoms with Crippen molar-refractivity contribution in [3.63, 3.8) is 0 Å². The van der Waals surface area contributed by atoms with Crippen molar-refractivity contribution < 1.29 is 4.79 Å². The molecule has 3 heteroatoms. The first-order chi connectivity index (χ1) is 9.09. The van der Waals surface area contributed by atoms with E-state index in [9.17, 15) is 4.79 Å². The van der Waals surface area contributed by atoms with Gasteiger partial charge >= 0.3 is 0 Å². The molecule has 1 aliphatic carbocycles. The monoisotopic (exact) mass is 260 g/mol. The minimum atomic E-state index is -0.0204. The van der Waals surface area contributed by atoms with Gasteiger partial charge in [0, 0.05) is 18.8 Å². The fourth-order valence-corrected chi connectivity index (χ4v) is 2.86. The van der Waals surface area contributed by atoms with Gasteiger partial charge in [0.05, 0.1) is 5.92 Å². The van der Waals surface area contributed by atoms with Crippen LogP contribution < -0.4 is 10.6 Å². The number of benzene rings is 1. The van der Waals surface area contributed by atoms with E-state index < -0.39 is 0 Å². The molecule has 104 valence electrons. The van der Waals surface area contributed by atoms with Crippen molar-refractivity contribution in [3.05, 3.63) is 29.8 Å². The van der Waals surface area contributed by atoms with Gasteiger partial charge in [0.25, 0.3) is 0 Å². The summed E-state index contributed by atoms with van der Waals surface area (Å²) in [5, 5.41) is 0. The second-order valence-electron chi connectivity index (χ2n) is 5.64. The fraction of sp³-hybridized carbons (Fsp3) is 0.562. The second kappa shape index (κ2) is 6.20. The number of anilines is 1. The summed E-state index contributed by atoms with van der Waals surface area (Å²) >= 11 is 0. The summed E-state index contributed by atoms with van der Waals surface area (Å²) in [5.74, 6) is 0.146. The van der Waals surface area contributed by atoms with E-state index in [2.05, 4.69) is 0 Å². The van der Waals surface area contributed by atoms with Crippen LogP contribution in [-0.2, 0) is 4.79 Å². The average molecular weight is 260 g/mol. The molecule has 3 nitrogen and oxygen atoms in total. The van der Waals surface area contributed by atoms with E-state index in [0.29, 0.717) is 0 Å². The SMILES string of the molecule is Cc1cccc(N(C)C(=O)C2CCCCCC2N)c1. The standard InChI is InChI=1S/C16H24N2O/c1-12-7-6-8-13(11-12)18(2)16(19)14-9-4-3-5-10-15(14)17/h6-8,11,14-15H,3-5,9-10,17H2,1-2H3. The first-order valence-electron chi connectivity index (χ1n) is 7.19. The maximum atomic E-state index is 12.6. The van der Waals surface area contributed by atoms with E-state index >= 15 is 0 Å². The molecule has 0 spiro atoms. The predicted octanol–water partition coefficient (Wildman–Crippen LogP) is 2.87.